The van der Waals surface area contributed by atoms with Crippen LogP contribution < -0.4 is 0 Å². The number of aliphatic hydroxyl groups is 1. The summed E-state index contributed by atoms with van der Waals surface area (Å²) in [5, 5.41) is 10.9. The average Bonchev–Trinajstić information content (AvgIpc) is 2.79. The van der Waals surface area contributed by atoms with E-state index in [1.165, 1.54) is 12.2 Å². The fourth-order valence-electron chi connectivity index (χ4n) is 3.25. The van der Waals surface area contributed by atoms with E-state index in [4.69, 9.17) is 4.74 Å². The number of allylic oxidation sites excluding steroid dienone is 1. The lowest BCUT2D eigenvalue weighted by Crippen LogP contribution is -2.46. The third kappa shape index (κ3) is 1.11. The summed E-state index contributed by atoms with van der Waals surface area (Å²) in [4.78, 5) is 22.9. The normalized spacial score (nSPS) is 43.8. The average molecular weight is 234 g/mol. The van der Waals surface area contributed by atoms with Crippen molar-refractivity contribution in [2.24, 2.45) is 11.3 Å². The highest BCUT2D eigenvalue weighted by Crippen LogP contribution is 2.66. The standard InChI is InChI=1S/C13H14O4/c1-7-3-10(14)9-5-12(9,2)13(7,16)8-4-11(15)17-6-8/h3-4,9,16H,5-6H2,1-2H3. The van der Waals surface area contributed by atoms with Crippen LogP contribution in [0.5, 0.6) is 0 Å². The van der Waals surface area contributed by atoms with Crippen molar-refractivity contribution in [3.8, 4) is 0 Å². The predicted octanol–water partition coefficient (Wildman–Crippen LogP) is 0.756. The van der Waals surface area contributed by atoms with Crippen LogP contribution in [-0.4, -0.2) is 29.1 Å². The predicted molar refractivity (Wildman–Crippen MR) is 59.0 cm³/mol. The van der Waals surface area contributed by atoms with Gasteiger partial charge in [0, 0.05) is 23.0 Å². The van der Waals surface area contributed by atoms with E-state index in [1.54, 1.807) is 6.92 Å². The van der Waals surface area contributed by atoms with Gasteiger partial charge < -0.3 is 9.84 Å². The Morgan fingerprint density at radius 2 is 2.12 bits per heavy atom. The van der Waals surface area contributed by atoms with Crippen molar-refractivity contribution in [2.75, 3.05) is 6.61 Å². The first-order valence-electron chi connectivity index (χ1n) is 5.72. The van der Waals surface area contributed by atoms with Crippen LogP contribution in [0.4, 0.5) is 0 Å². The summed E-state index contributed by atoms with van der Waals surface area (Å²) in [6.07, 6.45) is 3.53. The minimum Gasteiger partial charge on any atom is -0.458 e. The molecule has 1 N–H and O–H groups in total. The van der Waals surface area contributed by atoms with Crippen molar-refractivity contribution in [3.63, 3.8) is 0 Å². The van der Waals surface area contributed by atoms with Gasteiger partial charge in [0.2, 0.25) is 0 Å². The first-order chi connectivity index (χ1) is 7.89. The molecule has 0 aromatic rings. The third-order valence-corrected chi connectivity index (χ3v) is 4.46. The Bertz CT molecular complexity index is 502. The number of carbonyl (C=O) groups excluding carboxylic acids is 2. The Morgan fingerprint density at radius 1 is 1.41 bits per heavy atom. The molecule has 90 valence electrons. The Hall–Kier alpha value is -1.42. The lowest BCUT2D eigenvalue weighted by atomic mass is 9.70. The van der Waals surface area contributed by atoms with E-state index in [1.807, 2.05) is 6.92 Å². The maximum Gasteiger partial charge on any atom is 0.331 e. The van der Waals surface area contributed by atoms with E-state index < -0.39 is 17.0 Å². The summed E-state index contributed by atoms with van der Waals surface area (Å²) in [6.45, 7) is 3.76. The van der Waals surface area contributed by atoms with Crippen molar-refractivity contribution in [1.82, 2.24) is 0 Å². The Morgan fingerprint density at radius 3 is 2.71 bits per heavy atom. The van der Waals surface area contributed by atoms with Gasteiger partial charge in [-0.25, -0.2) is 4.79 Å². The summed E-state index contributed by atoms with van der Waals surface area (Å²) >= 11 is 0. The van der Waals surface area contributed by atoms with Crippen LogP contribution in [0.1, 0.15) is 20.3 Å². The van der Waals surface area contributed by atoms with Crippen molar-refractivity contribution in [3.05, 3.63) is 23.3 Å². The van der Waals surface area contributed by atoms with Crippen LogP contribution in [0.2, 0.25) is 0 Å². The van der Waals surface area contributed by atoms with Crippen LogP contribution in [0, 0.1) is 11.3 Å². The molecule has 4 nitrogen and oxygen atoms in total. The van der Waals surface area contributed by atoms with E-state index >= 15 is 0 Å². The van der Waals surface area contributed by atoms with Crippen LogP contribution in [0.15, 0.2) is 23.3 Å². The highest BCUT2D eigenvalue weighted by Gasteiger charge is 2.69. The molecule has 1 saturated carbocycles. The molecule has 1 aliphatic heterocycles. The van der Waals surface area contributed by atoms with Gasteiger partial charge in [-0.3, -0.25) is 4.79 Å². The van der Waals surface area contributed by atoms with Gasteiger partial charge in [-0.1, -0.05) is 6.92 Å². The number of fused-ring (bicyclic) bond motifs is 1. The molecule has 2 aliphatic carbocycles. The topological polar surface area (TPSA) is 63.6 Å². The lowest BCUT2D eigenvalue weighted by molar-refractivity contribution is -0.135. The minimum atomic E-state index is -1.20. The van der Waals surface area contributed by atoms with Crippen molar-refractivity contribution in [1.29, 1.82) is 0 Å². The number of ketones is 1. The number of hydrogen-bond donors (Lipinski definition) is 1. The van der Waals surface area contributed by atoms with E-state index in [0.29, 0.717) is 17.6 Å². The molecule has 3 aliphatic rings. The van der Waals surface area contributed by atoms with Gasteiger partial charge in [-0.15, -0.1) is 0 Å². The molecule has 3 atom stereocenters. The van der Waals surface area contributed by atoms with Crippen LogP contribution in [0.3, 0.4) is 0 Å². The van der Waals surface area contributed by atoms with Gasteiger partial charge in [0.25, 0.3) is 0 Å². The van der Waals surface area contributed by atoms with Crippen LogP contribution >= 0.6 is 0 Å². The van der Waals surface area contributed by atoms with Crippen molar-refractivity contribution < 1.29 is 19.4 Å². The van der Waals surface area contributed by atoms with Crippen LogP contribution in [0.25, 0.3) is 0 Å². The molecule has 0 aromatic heterocycles. The molecule has 0 spiro atoms. The van der Waals surface area contributed by atoms with Gasteiger partial charge in [-0.2, -0.15) is 0 Å². The molecule has 17 heavy (non-hydrogen) atoms. The number of hydrogen-bond acceptors (Lipinski definition) is 4. The second kappa shape index (κ2) is 2.88. The van der Waals surface area contributed by atoms with E-state index in [2.05, 4.69) is 0 Å². The second-order valence-corrected chi connectivity index (χ2v) is 5.39. The summed E-state index contributed by atoms with van der Waals surface area (Å²) in [6, 6.07) is 0. The monoisotopic (exact) mass is 234 g/mol. The second-order valence-electron chi connectivity index (χ2n) is 5.39. The van der Waals surface area contributed by atoms with E-state index in [-0.39, 0.29) is 18.3 Å². The molecule has 0 aromatic carbocycles. The minimum absolute atomic E-state index is 0.0838. The zero-order chi connectivity index (χ0) is 12.4. The van der Waals surface area contributed by atoms with Crippen LogP contribution in [-0.2, 0) is 14.3 Å². The maximum absolute atomic E-state index is 11.7. The first kappa shape index (κ1) is 10.7. The molecule has 0 saturated heterocycles. The Labute approximate surface area is 99.0 Å². The summed E-state index contributed by atoms with van der Waals surface area (Å²) in [7, 11) is 0. The fraction of sp³-hybridized carbons (Fsp3) is 0.538. The zero-order valence-electron chi connectivity index (χ0n) is 9.82. The molecule has 1 heterocycles. The van der Waals surface area contributed by atoms with Gasteiger partial charge in [0.05, 0.1) is 0 Å². The van der Waals surface area contributed by atoms with Gasteiger partial charge in [-0.05, 0) is 25.0 Å². The largest absolute Gasteiger partial charge is 0.458 e. The Kier molecular flexibility index (Phi) is 1.81. The number of carbonyl (C=O) groups is 2. The molecule has 0 amide bonds. The number of rotatable bonds is 1. The molecule has 1 fully saturated rings. The third-order valence-electron chi connectivity index (χ3n) is 4.46. The first-order valence-corrected chi connectivity index (χ1v) is 5.72. The smallest absolute Gasteiger partial charge is 0.331 e. The Balaban J connectivity index is 2.12. The maximum atomic E-state index is 11.7. The summed E-state index contributed by atoms with van der Waals surface area (Å²) in [5.74, 6) is -0.452. The molecular weight excluding hydrogens is 220 g/mol. The quantitative estimate of drug-likeness (QED) is 0.680. The van der Waals surface area contributed by atoms with Gasteiger partial charge in [0.1, 0.15) is 12.2 Å². The fourth-order valence-corrected chi connectivity index (χ4v) is 3.25. The van der Waals surface area contributed by atoms with E-state index in [9.17, 15) is 14.7 Å². The number of ether oxygens (including phenoxy) is 1. The molecule has 3 rings (SSSR count). The summed E-state index contributed by atoms with van der Waals surface area (Å²) < 4.78 is 4.87. The van der Waals surface area contributed by atoms with Gasteiger partial charge in [0.15, 0.2) is 5.78 Å². The molecule has 0 bridgehead atoms. The highest BCUT2D eigenvalue weighted by molar-refractivity contribution is 5.98. The molecular formula is C13H14O4. The zero-order valence-corrected chi connectivity index (χ0v) is 9.82. The molecule has 3 unspecified atom stereocenters. The van der Waals surface area contributed by atoms with E-state index in [0.717, 1.165) is 0 Å². The number of cyclic esters (lactones) is 1. The van der Waals surface area contributed by atoms with Crippen molar-refractivity contribution >= 4 is 11.8 Å². The summed E-state index contributed by atoms with van der Waals surface area (Å²) in [5.41, 5.74) is -0.474. The van der Waals surface area contributed by atoms with Gasteiger partial charge >= 0.3 is 5.97 Å². The lowest BCUT2D eigenvalue weighted by Gasteiger charge is -2.39. The highest BCUT2D eigenvalue weighted by atomic mass is 16.5. The van der Waals surface area contributed by atoms with Crippen molar-refractivity contribution in [2.45, 2.75) is 25.9 Å². The number of esters is 1. The molecule has 0 radical (unpaired) electrons. The SMILES string of the molecule is CC1=CC(=O)C2CC2(C)C1(O)C1=CC(=O)OC1. The molecule has 4 heteroatoms.